The highest BCUT2D eigenvalue weighted by atomic mass is 35.6. The molecule has 0 bridgehead atoms. The van der Waals surface area contributed by atoms with Gasteiger partial charge in [0.05, 0.1) is 5.56 Å². The van der Waals surface area contributed by atoms with Crippen LogP contribution in [0.3, 0.4) is 0 Å². The summed E-state index contributed by atoms with van der Waals surface area (Å²) in [5.41, 5.74) is -1.34. The van der Waals surface area contributed by atoms with Gasteiger partial charge in [-0.3, -0.25) is 0 Å². The Bertz CT molecular complexity index is 445. The number of alkyl halides is 3. The first-order chi connectivity index (χ1) is 8.12. The fraction of sp³-hybridized carbons (Fsp3) is 0.333. The lowest BCUT2D eigenvalue weighted by Gasteiger charge is -2.24. The van der Waals surface area contributed by atoms with E-state index >= 15 is 0 Å². The Kier molecular flexibility index (Phi) is 4.70. The van der Waals surface area contributed by atoms with Crippen LogP contribution < -0.4 is 0 Å². The minimum absolute atomic E-state index is 0.893. The predicted octanol–water partition coefficient (Wildman–Crippen LogP) is 4.44. The Morgan fingerprint density at radius 1 is 0.833 bits per heavy atom. The Morgan fingerprint density at radius 2 is 1.17 bits per heavy atom. The number of hydrogen-bond acceptors (Lipinski definition) is 1. The zero-order valence-electron chi connectivity index (χ0n) is 8.51. The maximum Gasteiger partial charge on any atom is 0.220 e. The SMILES string of the molecule is COC(c1c(F)c(F)c(F)c(F)c1F)C(Cl)(Cl)Cl. The molecule has 18 heavy (non-hydrogen) atoms. The van der Waals surface area contributed by atoms with E-state index in [1.54, 1.807) is 0 Å². The van der Waals surface area contributed by atoms with Gasteiger partial charge in [0, 0.05) is 7.11 Å². The van der Waals surface area contributed by atoms with Crippen LogP contribution in [0.4, 0.5) is 22.0 Å². The zero-order chi connectivity index (χ0) is 14.2. The first-order valence-electron chi connectivity index (χ1n) is 4.23. The van der Waals surface area contributed by atoms with Gasteiger partial charge in [-0.2, -0.15) is 0 Å². The van der Waals surface area contributed by atoms with E-state index < -0.39 is 44.5 Å². The van der Waals surface area contributed by atoms with E-state index in [2.05, 4.69) is 4.74 Å². The summed E-state index contributed by atoms with van der Waals surface area (Å²) in [6.07, 6.45) is -1.95. The van der Waals surface area contributed by atoms with E-state index in [1.165, 1.54) is 0 Å². The van der Waals surface area contributed by atoms with Gasteiger partial charge in [-0.15, -0.1) is 0 Å². The van der Waals surface area contributed by atoms with Crippen LogP contribution in [-0.4, -0.2) is 10.9 Å². The van der Waals surface area contributed by atoms with E-state index in [9.17, 15) is 22.0 Å². The molecule has 1 atom stereocenters. The molecule has 1 aromatic carbocycles. The third-order valence-corrected chi connectivity index (χ3v) is 2.63. The van der Waals surface area contributed by atoms with Gasteiger partial charge in [-0.05, 0) is 0 Å². The van der Waals surface area contributed by atoms with Crippen molar-refractivity contribution in [2.24, 2.45) is 0 Å². The fourth-order valence-electron chi connectivity index (χ4n) is 1.27. The molecular weight excluding hydrogens is 325 g/mol. The molecule has 102 valence electrons. The summed E-state index contributed by atoms with van der Waals surface area (Å²) < 4.78 is 67.5. The molecule has 1 nitrogen and oxygen atoms in total. The van der Waals surface area contributed by atoms with Crippen molar-refractivity contribution >= 4 is 34.8 Å². The standard InChI is InChI=1S/C9H4Cl3F5O/c1-18-8(9(10,11)12)2-3(13)5(15)7(17)6(16)4(2)14/h8H,1H3. The van der Waals surface area contributed by atoms with Crippen molar-refractivity contribution < 1.29 is 26.7 Å². The third-order valence-electron chi connectivity index (χ3n) is 2.04. The molecule has 0 radical (unpaired) electrons. The number of ether oxygens (including phenoxy) is 1. The Morgan fingerprint density at radius 3 is 1.44 bits per heavy atom. The summed E-state index contributed by atoms with van der Waals surface area (Å²) in [6, 6.07) is 0. The average molecular weight is 329 g/mol. The predicted molar refractivity (Wildman–Crippen MR) is 56.3 cm³/mol. The smallest absolute Gasteiger partial charge is 0.220 e. The third kappa shape index (κ3) is 2.66. The number of hydrogen-bond donors (Lipinski definition) is 0. The van der Waals surface area contributed by atoms with Crippen LogP contribution in [-0.2, 0) is 4.74 Å². The quantitative estimate of drug-likeness (QED) is 0.337. The molecular formula is C9H4Cl3F5O. The normalized spacial score (nSPS) is 13.8. The molecule has 0 amide bonds. The Hall–Kier alpha value is -0.300. The van der Waals surface area contributed by atoms with E-state index in [0.29, 0.717) is 0 Å². The van der Waals surface area contributed by atoms with Gasteiger partial charge in [-0.1, -0.05) is 34.8 Å². The second kappa shape index (κ2) is 5.36. The fourth-order valence-corrected chi connectivity index (χ4v) is 1.86. The van der Waals surface area contributed by atoms with Crippen molar-refractivity contribution in [3.63, 3.8) is 0 Å². The second-order valence-corrected chi connectivity index (χ2v) is 5.51. The maximum atomic E-state index is 13.4. The number of benzene rings is 1. The van der Waals surface area contributed by atoms with E-state index in [0.717, 1.165) is 7.11 Å². The molecule has 1 aromatic rings. The van der Waals surface area contributed by atoms with Gasteiger partial charge >= 0.3 is 0 Å². The van der Waals surface area contributed by atoms with Crippen molar-refractivity contribution in [3.05, 3.63) is 34.6 Å². The van der Waals surface area contributed by atoms with Crippen LogP contribution in [0.15, 0.2) is 0 Å². The first kappa shape index (κ1) is 15.8. The highest BCUT2D eigenvalue weighted by molar-refractivity contribution is 6.68. The summed E-state index contributed by atoms with van der Waals surface area (Å²) in [5, 5.41) is 0. The van der Waals surface area contributed by atoms with Crippen LogP contribution in [0.1, 0.15) is 11.7 Å². The summed E-state index contributed by atoms with van der Waals surface area (Å²) in [4.78, 5) is 0. The molecule has 0 aliphatic heterocycles. The molecule has 0 aliphatic rings. The first-order valence-corrected chi connectivity index (χ1v) is 5.37. The minimum atomic E-state index is -2.41. The highest BCUT2D eigenvalue weighted by Gasteiger charge is 2.41. The second-order valence-electron chi connectivity index (χ2n) is 3.14. The lowest BCUT2D eigenvalue weighted by atomic mass is 10.1. The zero-order valence-corrected chi connectivity index (χ0v) is 10.8. The van der Waals surface area contributed by atoms with Crippen LogP contribution >= 0.6 is 34.8 Å². The molecule has 0 aromatic heterocycles. The molecule has 0 saturated heterocycles. The maximum absolute atomic E-state index is 13.4. The van der Waals surface area contributed by atoms with Crippen LogP contribution in [0, 0.1) is 29.1 Å². The van der Waals surface area contributed by atoms with Crippen LogP contribution in [0.5, 0.6) is 0 Å². The van der Waals surface area contributed by atoms with E-state index in [-0.39, 0.29) is 0 Å². The topological polar surface area (TPSA) is 9.23 Å². The summed E-state index contributed by atoms with van der Waals surface area (Å²) in [7, 11) is 0.893. The van der Waals surface area contributed by atoms with E-state index in [1.807, 2.05) is 0 Å². The monoisotopic (exact) mass is 328 g/mol. The van der Waals surface area contributed by atoms with Gasteiger partial charge in [0.2, 0.25) is 9.61 Å². The lowest BCUT2D eigenvalue weighted by molar-refractivity contribution is 0.0974. The van der Waals surface area contributed by atoms with Gasteiger partial charge in [0.15, 0.2) is 23.3 Å². The van der Waals surface area contributed by atoms with Gasteiger partial charge in [0.25, 0.3) is 0 Å². The lowest BCUT2D eigenvalue weighted by Crippen LogP contribution is -2.23. The molecule has 9 heteroatoms. The number of rotatable bonds is 2. The molecule has 1 unspecified atom stereocenters. The molecule has 1 rings (SSSR count). The van der Waals surface area contributed by atoms with Crippen molar-refractivity contribution in [1.29, 1.82) is 0 Å². The molecule has 0 heterocycles. The van der Waals surface area contributed by atoms with Crippen molar-refractivity contribution in [1.82, 2.24) is 0 Å². The van der Waals surface area contributed by atoms with Crippen molar-refractivity contribution in [3.8, 4) is 0 Å². The summed E-state index contributed by atoms with van der Waals surface area (Å²) in [6.45, 7) is 0. The number of methoxy groups -OCH3 is 1. The average Bonchev–Trinajstić information content (AvgIpc) is 2.27. The minimum Gasteiger partial charge on any atom is -0.372 e. The number of halogens is 8. The largest absolute Gasteiger partial charge is 0.372 e. The molecule has 0 fully saturated rings. The van der Waals surface area contributed by atoms with Crippen molar-refractivity contribution in [2.45, 2.75) is 9.90 Å². The van der Waals surface area contributed by atoms with Gasteiger partial charge in [-0.25, -0.2) is 22.0 Å². The van der Waals surface area contributed by atoms with Crippen molar-refractivity contribution in [2.75, 3.05) is 7.11 Å². The van der Waals surface area contributed by atoms with Gasteiger partial charge in [0.1, 0.15) is 6.10 Å². The van der Waals surface area contributed by atoms with E-state index in [4.69, 9.17) is 34.8 Å². The van der Waals surface area contributed by atoms with Crippen LogP contribution in [0.2, 0.25) is 0 Å². The Balaban J connectivity index is 3.59. The summed E-state index contributed by atoms with van der Waals surface area (Å²) >= 11 is 16.1. The van der Waals surface area contributed by atoms with Gasteiger partial charge < -0.3 is 4.74 Å². The summed E-state index contributed by atoms with van der Waals surface area (Å²) in [5.74, 6) is -10.8. The highest BCUT2D eigenvalue weighted by Crippen LogP contribution is 2.44. The molecule has 0 N–H and O–H groups in total. The Labute approximate surface area is 113 Å². The molecule has 0 spiro atoms. The molecule has 0 aliphatic carbocycles. The molecule has 0 saturated carbocycles. The van der Waals surface area contributed by atoms with Crippen LogP contribution in [0.25, 0.3) is 0 Å².